The third-order valence-corrected chi connectivity index (χ3v) is 4.61. The minimum atomic E-state index is -0.503. The fourth-order valence-corrected chi connectivity index (χ4v) is 2.94. The first-order chi connectivity index (χ1) is 14.0. The molecule has 4 aromatic rings. The minimum Gasteiger partial charge on any atom is -0.319 e. The van der Waals surface area contributed by atoms with E-state index in [2.05, 4.69) is 31.3 Å². The zero-order valence-electron chi connectivity index (χ0n) is 14.8. The number of hydrogen-bond donors (Lipinski definition) is 1. The van der Waals surface area contributed by atoms with Crippen molar-refractivity contribution < 1.29 is 13.6 Å². The monoisotopic (exact) mass is 454 g/mol. The average molecular weight is 455 g/mol. The largest absolute Gasteiger partial charge is 0.319 e. The molecule has 5 nitrogen and oxygen atoms in total. The van der Waals surface area contributed by atoms with Crippen LogP contribution in [0.5, 0.6) is 0 Å². The Balaban J connectivity index is 1.74. The highest BCUT2D eigenvalue weighted by molar-refractivity contribution is 9.10. The maximum atomic E-state index is 13.3. The second-order valence-electron chi connectivity index (χ2n) is 6.12. The normalized spacial score (nSPS) is 10.7. The molecular formula is C21H13BrF2N4O. The number of rotatable bonds is 4. The molecule has 1 amide bonds. The summed E-state index contributed by atoms with van der Waals surface area (Å²) in [5, 5.41) is 7.02. The summed E-state index contributed by atoms with van der Waals surface area (Å²) in [7, 11) is 0. The van der Waals surface area contributed by atoms with E-state index in [-0.39, 0.29) is 5.82 Å². The maximum absolute atomic E-state index is 13.3. The molecule has 0 radical (unpaired) electrons. The summed E-state index contributed by atoms with van der Waals surface area (Å²) in [6.07, 6.45) is 0. The third kappa shape index (κ3) is 4.22. The van der Waals surface area contributed by atoms with Gasteiger partial charge in [-0.3, -0.25) is 4.79 Å². The quantitative estimate of drug-likeness (QED) is 0.459. The molecule has 4 rings (SSSR count). The van der Waals surface area contributed by atoms with Gasteiger partial charge >= 0.3 is 0 Å². The molecule has 1 N–H and O–H groups in total. The van der Waals surface area contributed by atoms with Gasteiger partial charge in [0.2, 0.25) is 5.82 Å². The van der Waals surface area contributed by atoms with Crippen LogP contribution in [0.4, 0.5) is 14.5 Å². The van der Waals surface area contributed by atoms with Crippen molar-refractivity contribution in [3.8, 4) is 17.1 Å². The Kier molecular flexibility index (Phi) is 5.18. The number of anilines is 1. The van der Waals surface area contributed by atoms with Crippen molar-refractivity contribution in [1.29, 1.82) is 0 Å². The molecule has 0 bridgehead atoms. The van der Waals surface area contributed by atoms with Crippen molar-refractivity contribution in [2.24, 2.45) is 0 Å². The number of aromatic nitrogens is 3. The predicted molar refractivity (Wildman–Crippen MR) is 109 cm³/mol. The van der Waals surface area contributed by atoms with Crippen LogP contribution in [0, 0.1) is 11.6 Å². The molecule has 3 aromatic carbocycles. The van der Waals surface area contributed by atoms with Gasteiger partial charge in [0.05, 0.1) is 5.69 Å². The second-order valence-corrected chi connectivity index (χ2v) is 7.03. The minimum absolute atomic E-state index is 0.0726. The lowest BCUT2D eigenvalue weighted by molar-refractivity contribution is 0.101. The van der Waals surface area contributed by atoms with Crippen LogP contribution in [0.2, 0.25) is 0 Å². The molecule has 0 unspecified atom stereocenters. The molecule has 0 aliphatic carbocycles. The Morgan fingerprint density at radius 3 is 2.07 bits per heavy atom. The molecule has 0 aliphatic rings. The van der Waals surface area contributed by atoms with Gasteiger partial charge < -0.3 is 5.32 Å². The Morgan fingerprint density at radius 1 is 0.862 bits per heavy atom. The summed E-state index contributed by atoms with van der Waals surface area (Å²) < 4.78 is 28.9. The van der Waals surface area contributed by atoms with E-state index >= 15 is 0 Å². The van der Waals surface area contributed by atoms with Crippen LogP contribution in [0.15, 0.2) is 77.3 Å². The molecule has 0 saturated heterocycles. The summed E-state index contributed by atoms with van der Waals surface area (Å²) >= 11 is 3.34. The van der Waals surface area contributed by atoms with E-state index in [0.717, 1.165) is 4.47 Å². The number of nitrogens with one attached hydrogen (secondary N) is 1. The van der Waals surface area contributed by atoms with Gasteiger partial charge in [0.25, 0.3) is 5.91 Å². The number of carbonyl (C=O) groups is 1. The van der Waals surface area contributed by atoms with Gasteiger partial charge in [-0.1, -0.05) is 15.9 Å². The van der Waals surface area contributed by atoms with Crippen LogP contribution in [-0.2, 0) is 0 Å². The summed E-state index contributed by atoms with van der Waals surface area (Å²) in [6, 6.07) is 18.3. The number of amides is 1. The van der Waals surface area contributed by atoms with Crippen molar-refractivity contribution in [2.45, 2.75) is 0 Å². The topological polar surface area (TPSA) is 59.8 Å². The molecule has 0 aliphatic heterocycles. The van der Waals surface area contributed by atoms with Gasteiger partial charge in [-0.15, -0.1) is 5.10 Å². The van der Waals surface area contributed by atoms with E-state index in [1.165, 1.54) is 53.2 Å². The molecule has 0 spiro atoms. The summed E-state index contributed by atoms with van der Waals surface area (Å²) in [5.41, 5.74) is 1.66. The van der Waals surface area contributed by atoms with Crippen LogP contribution >= 0.6 is 15.9 Å². The standard InChI is InChI=1S/C21H13BrF2N4O/c22-14-3-9-17(10-4-14)25-21(29)19-26-20(13-1-5-15(23)6-2-13)28(27-19)18-11-7-16(24)8-12-18/h1-12H,(H,25,29). The first-order valence-electron chi connectivity index (χ1n) is 8.55. The van der Waals surface area contributed by atoms with E-state index in [1.807, 2.05) is 0 Å². The maximum Gasteiger partial charge on any atom is 0.295 e. The highest BCUT2D eigenvalue weighted by Crippen LogP contribution is 2.22. The molecule has 0 atom stereocenters. The molecule has 1 heterocycles. The fourth-order valence-electron chi connectivity index (χ4n) is 2.68. The Hall–Kier alpha value is -3.39. The van der Waals surface area contributed by atoms with Gasteiger partial charge in [-0.05, 0) is 72.8 Å². The van der Waals surface area contributed by atoms with Gasteiger partial charge in [-0.2, -0.15) is 0 Å². The van der Waals surface area contributed by atoms with Crippen LogP contribution in [0.3, 0.4) is 0 Å². The highest BCUT2D eigenvalue weighted by atomic mass is 79.9. The smallest absolute Gasteiger partial charge is 0.295 e. The van der Waals surface area contributed by atoms with Crippen LogP contribution in [0.25, 0.3) is 17.1 Å². The third-order valence-electron chi connectivity index (χ3n) is 4.09. The van der Waals surface area contributed by atoms with Crippen LogP contribution in [0.1, 0.15) is 10.6 Å². The predicted octanol–water partition coefficient (Wildman–Crippen LogP) is 5.23. The van der Waals surface area contributed by atoms with Gasteiger partial charge in [0.15, 0.2) is 5.82 Å². The van der Waals surface area contributed by atoms with E-state index in [9.17, 15) is 13.6 Å². The lowest BCUT2D eigenvalue weighted by atomic mass is 10.2. The van der Waals surface area contributed by atoms with Crippen LogP contribution in [-0.4, -0.2) is 20.7 Å². The van der Waals surface area contributed by atoms with Crippen molar-refractivity contribution >= 4 is 27.5 Å². The lowest BCUT2D eigenvalue weighted by Crippen LogP contribution is -2.14. The van der Waals surface area contributed by atoms with E-state index in [1.54, 1.807) is 24.3 Å². The Bertz CT molecular complexity index is 1090. The second kappa shape index (κ2) is 7.92. The number of hydrogen-bond acceptors (Lipinski definition) is 3. The van der Waals surface area contributed by atoms with Crippen molar-refractivity contribution in [3.63, 3.8) is 0 Å². The fraction of sp³-hybridized carbons (Fsp3) is 0. The zero-order chi connectivity index (χ0) is 20.4. The molecule has 8 heteroatoms. The van der Waals surface area contributed by atoms with Gasteiger partial charge in [-0.25, -0.2) is 18.4 Å². The molecule has 0 fully saturated rings. The molecular weight excluding hydrogens is 442 g/mol. The zero-order valence-corrected chi connectivity index (χ0v) is 16.4. The van der Waals surface area contributed by atoms with Gasteiger partial charge in [0.1, 0.15) is 11.6 Å². The van der Waals surface area contributed by atoms with Crippen molar-refractivity contribution in [3.05, 3.63) is 94.7 Å². The number of nitrogens with zero attached hydrogens (tertiary/aromatic N) is 3. The Morgan fingerprint density at radius 2 is 1.45 bits per heavy atom. The lowest BCUT2D eigenvalue weighted by Gasteiger charge is -2.05. The molecule has 144 valence electrons. The molecule has 1 aromatic heterocycles. The van der Waals surface area contributed by atoms with E-state index in [4.69, 9.17) is 0 Å². The summed E-state index contributed by atoms with van der Waals surface area (Å²) in [6.45, 7) is 0. The number of halogens is 3. The van der Waals surface area contributed by atoms with Crippen molar-refractivity contribution in [2.75, 3.05) is 5.32 Å². The summed E-state index contributed by atoms with van der Waals surface area (Å²) in [4.78, 5) is 17.0. The van der Waals surface area contributed by atoms with E-state index in [0.29, 0.717) is 22.8 Å². The summed E-state index contributed by atoms with van der Waals surface area (Å²) in [5.74, 6) is -1.04. The average Bonchev–Trinajstić information content (AvgIpc) is 3.16. The number of carbonyl (C=O) groups excluding carboxylic acids is 1. The SMILES string of the molecule is O=C(Nc1ccc(Br)cc1)c1nc(-c2ccc(F)cc2)n(-c2ccc(F)cc2)n1. The van der Waals surface area contributed by atoms with E-state index < -0.39 is 17.5 Å². The van der Waals surface area contributed by atoms with Crippen molar-refractivity contribution in [1.82, 2.24) is 14.8 Å². The highest BCUT2D eigenvalue weighted by Gasteiger charge is 2.19. The molecule has 0 saturated carbocycles. The Labute approximate surface area is 173 Å². The molecule has 29 heavy (non-hydrogen) atoms. The number of benzene rings is 3. The first kappa shape index (κ1) is 18.9. The first-order valence-corrected chi connectivity index (χ1v) is 9.35. The van der Waals surface area contributed by atoms with Gasteiger partial charge in [0, 0.05) is 15.7 Å². The van der Waals surface area contributed by atoms with Crippen LogP contribution < -0.4 is 5.32 Å².